The van der Waals surface area contributed by atoms with Crippen LogP contribution in [-0.4, -0.2) is 46.2 Å². The number of amides is 2. The molecule has 0 spiro atoms. The van der Waals surface area contributed by atoms with Gasteiger partial charge in [0.15, 0.2) is 0 Å². The molecule has 9 heteroatoms. The van der Waals surface area contributed by atoms with Crippen LogP contribution in [0.1, 0.15) is 18.4 Å². The minimum absolute atomic E-state index is 0.0114. The van der Waals surface area contributed by atoms with Crippen LogP contribution >= 0.6 is 23.4 Å². The summed E-state index contributed by atoms with van der Waals surface area (Å²) in [7, 11) is 1.61. The molecule has 0 saturated carbocycles. The molecule has 2 aliphatic heterocycles. The number of hydrogen-bond donors (Lipinski definition) is 3. The van der Waals surface area contributed by atoms with E-state index < -0.39 is 6.04 Å². The quantitative estimate of drug-likeness (QED) is 0.535. The predicted molar refractivity (Wildman–Crippen MR) is 95.1 cm³/mol. The Morgan fingerprint density at radius 3 is 3.04 bits per heavy atom. The van der Waals surface area contributed by atoms with Crippen molar-refractivity contribution >= 4 is 35.2 Å². The second-order valence-corrected chi connectivity index (χ2v) is 7.96. The lowest BCUT2D eigenvalue weighted by Crippen LogP contribution is -2.58. The Hall–Kier alpha value is -1.35. The lowest BCUT2D eigenvalue weighted by Gasteiger charge is -2.30. The lowest BCUT2D eigenvalue weighted by molar-refractivity contribution is -0.139. The van der Waals surface area contributed by atoms with Crippen LogP contribution in [0.5, 0.6) is 0 Å². The van der Waals surface area contributed by atoms with Gasteiger partial charge in [0.1, 0.15) is 17.4 Å². The molecule has 0 bridgehead atoms. The van der Waals surface area contributed by atoms with Crippen LogP contribution in [0, 0.1) is 5.82 Å². The summed E-state index contributed by atoms with van der Waals surface area (Å²) in [5, 5.41) is 7.38. The third-order valence-corrected chi connectivity index (χ3v) is 6.13. The second kappa shape index (κ2) is 7.90. The molecule has 6 nitrogen and oxygen atoms in total. The van der Waals surface area contributed by atoms with Gasteiger partial charge in [0.05, 0.1) is 5.50 Å². The maximum atomic E-state index is 13.3. The third-order valence-electron chi connectivity index (χ3n) is 4.23. The Labute approximate surface area is 154 Å². The van der Waals surface area contributed by atoms with Gasteiger partial charge in [-0.3, -0.25) is 19.9 Å². The van der Waals surface area contributed by atoms with Gasteiger partial charge in [-0.05, 0) is 30.5 Å². The number of hydrazine groups is 1. The molecule has 2 heterocycles. The highest BCUT2D eigenvalue weighted by Gasteiger charge is 2.36. The topological polar surface area (TPSA) is 73.5 Å². The Morgan fingerprint density at radius 1 is 1.52 bits per heavy atom. The molecule has 136 valence electrons. The van der Waals surface area contributed by atoms with E-state index in [9.17, 15) is 14.0 Å². The number of hydrogen-bond acceptors (Lipinski definition) is 5. The molecule has 2 aliphatic rings. The molecule has 2 fully saturated rings. The van der Waals surface area contributed by atoms with Crippen molar-refractivity contribution in [2.24, 2.45) is 0 Å². The molecule has 4 atom stereocenters. The van der Waals surface area contributed by atoms with E-state index in [-0.39, 0.29) is 33.9 Å². The summed E-state index contributed by atoms with van der Waals surface area (Å²) in [6, 6.07) is 5.99. The van der Waals surface area contributed by atoms with Crippen molar-refractivity contribution in [1.29, 1.82) is 0 Å². The summed E-state index contributed by atoms with van der Waals surface area (Å²) in [6.45, 7) is 0. The van der Waals surface area contributed by atoms with Gasteiger partial charge in [-0.25, -0.2) is 9.82 Å². The summed E-state index contributed by atoms with van der Waals surface area (Å²) in [5.74, 6) is -0.487. The number of halogens is 2. The molecular formula is C16H20ClFN4O2S. The largest absolute Gasteiger partial charge is 0.330 e. The van der Waals surface area contributed by atoms with Gasteiger partial charge in [0.25, 0.3) is 0 Å². The van der Waals surface area contributed by atoms with Gasteiger partial charge in [-0.15, -0.1) is 23.4 Å². The molecule has 0 radical (unpaired) electrons. The second-order valence-electron chi connectivity index (χ2n) is 6.14. The van der Waals surface area contributed by atoms with E-state index in [0.29, 0.717) is 19.3 Å². The molecule has 25 heavy (non-hydrogen) atoms. The van der Waals surface area contributed by atoms with Crippen LogP contribution in [0.2, 0.25) is 0 Å². The van der Waals surface area contributed by atoms with Crippen molar-refractivity contribution in [2.45, 2.75) is 41.6 Å². The monoisotopic (exact) mass is 386 g/mol. The first kappa shape index (κ1) is 18.4. The highest BCUT2D eigenvalue weighted by molar-refractivity contribution is 8.00. The van der Waals surface area contributed by atoms with E-state index in [2.05, 4.69) is 16.1 Å². The minimum Gasteiger partial charge on any atom is -0.330 e. The van der Waals surface area contributed by atoms with E-state index in [4.69, 9.17) is 11.6 Å². The molecule has 1 aromatic carbocycles. The number of thioether (sulfide) groups is 1. The Bertz CT molecular complexity index is 665. The summed E-state index contributed by atoms with van der Waals surface area (Å²) in [4.78, 5) is 23.8. The van der Waals surface area contributed by atoms with Crippen molar-refractivity contribution in [3.8, 4) is 0 Å². The van der Waals surface area contributed by atoms with E-state index in [1.165, 1.54) is 28.9 Å². The van der Waals surface area contributed by atoms with Gasteiger partial charge in [0, 0.05) is 18.7 Å². The first-order valence-corrected chi connectivity index (χ1v) is 9.43. The third kappa shape index (κ3) is 4.63. The van der Waals surface area contributed by atoms with Crippen LogP contribution in [0.25, 0.3) is 0 Å². The average molecular weight is 387 g/mol. The maximum absolute atomic E-state index is 13.3. The zero-order chi connectivity index (χ0) is 18.0. The highest BCUT2D eigenvalue weighted by Crippen LogP contribution is 2.31. The fraction of sp³-hybridized carbons (Fsp3) is 0.500. The number of nitrogens with one attached hydrogen (secondary N) is 3. The fourth-order valence-electron chi connectivity index (χ4n) is 2.88. The van der Waals surface area contributed by atoms with Crippen molar-refractivity contribution in [2.75, 3.05) is 7.05 Å². The Morgan fingerprint density at radius 2 is 2.32 bits per heavy atom. The number of benzene rings is 1. The molecule has 0 aliphatic carbocycles. The number of nitrogens with zero attached hydrogens (tertiary/aromatic N) is 1. The van der Waals surface area contributed by atoms with Crippen molar-refractivity contribution in [3.63, 3.8) is 0 Å². The predicted octanol–water partition coefficient (Wildman–Crippen LogP) is 1.16. The molecule has 0 aromatic heterocycles. The summed E-state index contributed by atoms with van der Waals surface area (Å²) in [5.41, 5.74) is 3.08. The van der Waals surface area contributed by atoms with Gasteiger partial charge in [-0.1, -0.05) is 12.1 Å². The molecule has 1 aromatic rings. The van der Waals surface area contributed by atoms with E-state index in [0.717, 1.165) is 5.56 Å². The van der Waals surface area contributed by atoms with Gasteiger partial charge in [0.2, 0.25) is 11.8 Å². The van der Waals surface area contributed by atoms with E-state index in [1.54, 1.807) is 13.1 Å². The lowest BCUT2D eigenvalue weighted by atomic mass is 10.1. The van der Waals surface area contributed by atoms with E-state index >= 15 is 0 Å². The van der Waals surface area contributed by atoms with Crippen LogP contribution in [-0.2, 0) is 16.0 Å². The highest BCUT2D eigenvalue weighted by atomic mass is 35.5. The molecule has 2 saturated heterocycles. The molecule has 4 unspecified atom stereocenters. The van der Waals surface area contributed by atoms with Gasteiger partial charge in [-0.2, -0.15) is 0 Å². The van der Waals surface area contributed by atoms with E-state index in [1.807, 2.05) is 6.07 Å². The van der Waals surface area contributed by atoms with Crippen molar-refractivity contribution in [3.05, 3.63) is 35.6 Å². The Balaban J connectivity index is 1.53. The number of carbonyl (C=O) groups excluding carboxylic acids is 2. The SMILES string of the molecule is CN1NC(C(=O)NC2NC(Cl)C(Cc3cccc(F)c3)S2)CCC1=O. The number of carbonyl (C=O) groups is 2. The van der Waals surface area contributed by atoms with Crippen LogP contribution in [0.3, 0.4) is 0 Å². The van der Waals surface area contributed by atoms with Crippen molar-refractivity contribution in [1.82, 2.24) is 21.1 Å². The van der Waals surface area contributed by atoms with Crippen LogP contribution in [0.15, 0.2) is 24.3 Å². The molecule has 3 rings (SSSR count). The summed E-state index contributed by atoms with van der Waals surface area (Å²) < 4.78 is 13.3. The average Bonchev–Trinajstić information content (AvgIpc) is 2.89. The molecule has 2 amide bonds. The van der Waals surface area contributed by atoms with Gasteiger partial charge >= 0.3 is 0 Å². The molecule has 3 N–H and O–H groups in total. The molecular weight excluding hydrogens is 367 g/mol. The zero-order valence-electron chi connectivity index (χ0n) is 13.7. The smallest absolute Gasteiger partial charge is 0.240 e. The Kier molecular flexibility index (Phi) is 5.83. The minimum atomic E-state index is -0.443. The van der Waals surface area contributed by atoms with Crippen LogP contribution < -0.4 is 16.1 Å². The van der Waals surface area contributed by atoms with Gasteiger partial charge < -0.3 is 5.32 Å². The van der Waals surface area contributed by atoms with Crippen LogP contribution in [0.4, 0.5) is 4.39 Å². The first-order valence-electron chi connectivity index (χ1n) is 8.05. The standard InChI is InChI=1S/C16H20ClFN4O2S/c1-22-13(23)6-5-11(21-22)15(24)20-16-19-14(17)12(25-16)8-9-3-2-4-10(18)7-9/h2-4,7,11-12,14,16,19,21H,5-6,8H2,1H3,(H,20,24). The van der Waals surface area contributed by atoms with Crippen molar-refractivity contribution < 1.29 is 14.0 Å². The maximum Gasteiger partial charge on any atom is 0.240 e. The zero-order valence-corrected chi connectivity index (χ0v) is 15.2. The fourth-order valence-corrected chi connectivity index (χ4v) is 4.62. The summed E-state index contributed by atoms with van der Waals surface area (Å²) >= 11 is 7.84. The first-order chi connectivity index (χ1) is 11.9. The number of alkyl halides is 1. The normalized spacial score (nSPS) is 29.7. The number of rotatable bonds is 4. The summed E-state index contributed by atoms with van der Waals surface area (Å²) in [6.07, 6.45) is 1.41.